The fourth-order valence-corrected chi connectivity index (χ4v) is 3.29. The van der Waals surface area contributed by atoms with Gasteiger partial charge < -0.3 is 0 Å². The summed E-state index contributed by atoms with van der Waals surface area (Å²) in [5, 5.41) is 0. The first kappa shape index (κ1) is 11.6. The van der Waals surface area contributed by atoms with Crippen molar-refractivity contribution in [1.29, 1.82) is 0 Å². The molecule has 1 fully saturated rings. The highest BCUT2D eigenvalue weighted by atomic mass is 32.2. The molecular formula is C11H15NO3S. The number of rotatable bonds is 2. The SMILES string of the molecule is C[C@H]1OS(=O)(=O)N(Cc2ccccc2)[C@H]1C. The van der Waals surface area contributed by atoms with Gasteiger partial charge in [0.05, 0.1) is 12.1 Å². The van der Waals surface area contributed by atoms with Crippen LogP contribution in [0.3, 0.4) is 0 Å². The Labute approximate surface area is 96.1 Å². The van der Waals surface area contributed by atoms with Crippen molar-refractivity contribution in [2.24, 2.45) is 0 Å². The molecule has 0 spiro atoms. The Morgan fingerprint density at radius 1 is 1.25 bits per heavy atom. The standard InChI is InChI=1S/C11H15NO3S/c1-9-10(2)15-16(13,14)12(9)8-11-6-4-3-5-7-11/h3-7,9-10H,8H2,1-2H3/t9-,10+/m0/s1. The monoisotopic (exact) mass is 241 g/mol. The zero-order valence-corrected chi connectivity index (χ0v) is 10.1. The first-order valence-electron chi connectivity index (χ1n) is 5.24. The van der Waals surface area contributed by atoms with Crippen molar-refractivity contribution in [1.82, 2.24) is 4.31 Å². The summed E-state index contributed by atoms with van der Waals surface area (Å²) in [6, 6.07) is 9.39. The van der Waals surface area contributed by atoms with Crippen molar-refractivity contribution in [3.8, 4) is 0 Å². The molecule has 0 aromatic heterocycles. The molecule has 0 bridgehead atoms. The van der Waals surface area contributed by atoms with Gasteiger partial charge in [-0.25, -0.2) is 0 Å². The summed E-state index contributed by atoms with van der Waals surface area (Å²) >= 11 is 0. The van der Waals surface area contributed by atoms with E-state index in [-0.39, 0.29) is 12.1 Å². The van der Waals surface area contributed by atoms with Crippen LogP contribution in [0.15, 0.2) is 30.3 Å². The van der Waals surface area contributed by atoms with Crippen LogP contribution < -0.4 is 0 Å². The van der Waals surface area contributed by atoms with Crippen LogP contribution in [0.1, 0.15) is 19.4 Å². The molecule has 1 saturated heterocycles. The summed E-state index contributed by atoms with van der Waals surface area (Å²) in [6.45, 7) is 4.00. The van der Waals surface area contributed by atoms with Crippen molar-refractivity contribution in [3.63, 3.8) is 0 Å². The third-order valence-corrected chi connectivity index (χ3v) is 4.46. The maximum atomic E-state index is 11.7. The second-order valence-corrected chi connectivity index (χ2v) is 5.55. The summed E-state index contributed by atoms with van der Waals surface area (Å²) in [7, 11) is -3.55. The van der Waals surface area contributed by atoms with E-state index in [0.717, 1.165) is 5.56 Å². The molecule has 0 N–H and O–H groups in total. The predicted molar refractivity (Wildman–Crippen MR) is 60.9 cm³/mol. The van der Waals surface area contributed by atoms with E-state index >= 15 is 0 Å². The molecule has 1 aromatic rings. The van der Waals surface area contributed by atoms with Gasteiger partial charge in [0.2, 0.25) is 0 Å². The van der Waals surface area contributed by atoms with Gasteiger partial charge in [-0.3, -0.25) is 4.18 Å². The second-order valence-electron chi connectivity index (χ2n) is 4.03. The number of benzene rings is 1. The summed E-state index contributed by atoms with van der Waals surface area (Å²) in [5.41, 5.74) is 0.968. The van der Waals surface area contributed by atoms with Crippen LogP contribution in [-0.4, -0.2) is 24.9 Å². The highest BCUT2D eigenvalue weighted by Crippen LogP contribution is 2.26. The van der Waals surface area contributed by atoms with E-state index in [1.54, 1.807) is 6.92 Å². The van der Waals surface area contributed by atoms with Gasteiger partial charge in [0.1, 0.15) is 0 Å². The molecule has 16 heavy (non-hydrogen) atoms. The third-order valence-electron chi connectivity index (χ3n) is 2.88. The molecule has 88 valence electrons. The van der Waals surface area contributed by atoms with Crippen molar-refractivity contribution in [2.45, 2.75) is 32.5 Å². The minimum atomic E-state index is -3.55. The third kappa shape index (κ3) is 2.11. The molecule has 1 aromatic carbocycles. The fourth-order valence-electron chi connectivity index (χ4n) is 1.75. The van der Waals surface area contributed by atoms with E-state index in [4.69, 9.17) is 4.18 Å². The molecule has 1 aliphatic heterocycles. The normalized spacial score (nSPS) is 29.4. The zero-order valence-electron chi connectivity index (χ0n) is 9.33. The lowest BCUT2D eigenvalue weighted by Gasteiger charge is -2.18. The molecule has 5 heteroatoms. The lowest BCUT2D eigenvalue weighted by atomic mass is 10.2. The Kier molecular flexibility index (Phi) is 3.01. The number of hydrogen-bond acceptors (Lipinski definition) is 3. The molecule has 4 nitrogen and oxygen atoms in total. The molecule has 1 heterocycles. The van der Waals surface area contributed by atoms with E-state index in [1.165, 1.54) is 4.31 Å². The van der Waals surface area contributed by atoms with Gasteiger partial charge in [-0.15, -0.1) is 0 Å². The van der Waals surface area contributed by atoms with Crippen LogP contribution >= 0.6 is 0 Å². The van der Waals surface area contributed by atoms with E-state index in [0.29, 0.717) is 6.54 Å². The lowest BCUT2D eigenvalue weighted by Crippen LogP contribution is -2.33. The summed E-state index contributed by atoms with van der Waals surface area (Å²) < 4.78 is 29.7. The quantitative estimate of drug-likeness (QED) is 0.789. The highest BCUT2D eigenvalue weighted by molar-refractivity contribution is 7.84. The van der Waals surface area contributed by atoms with E-state index in [9.17, 15) is 8.42 Å². The van der Waals surface area contributed by atoms with Gasteiger partial charge in [0.25, 0.3) is 0 Å². The Bertz CT molecular complexity index is 457. The van der Waals surface area contributed by atoms with Gasteiger partial charge in [-0.05, 0) is 19.4 Å². The topological polar surface area (TPSA) is 46.6 Å². The predicted octanol–water partition coefficient (Wildman–Crippen LogP) is 1.54. The van der Waals surface area contributed by atoms with Crippen molar-refractivity contribution in [2.75, 3.05) is 0 Å². The smallest absolute Gasteiger partial charge is 0.253 e. The lowest BCUT2D eigenvalue weighted by molar-refractivity contribution is 0.222. The summed E-state index contributed by atoms with van der Waals surface area (Å²) in [4.78, 5) is 0. The van der Waals surface area contributed by atoms with Crippen LogP contribution in [-0.2, 0) is 21.0 Å². The van der Waals surface area contributed by atoms with Gasteiger partial charge in [0.15, 0.2) is 0 Å². The number of hydrogen-bond donors (Lipinski definition) is 0. The van der Waals surface area contributed by atoms with Crippen molar-refractivity contribution < 1.29 is 12.6 Å². The molecule has 0 aliphatic carbocycles. The van der Waals surface area contributed by atoms with E-state index in [2.05, 4.69) is 0 Å². The molecule has 0 saturated carbocycles. The Morgan fingerprint density at radius 2 is 1.88 bits per heavy atom. The first-order valence-corrected chi connectivity index (χ1v) is 6.61. The fraction of sp³-hybridized carbons (Fsp3) is 0.455. The van der Waals surface area contributed by atoms with Crippen molar-refractivity contribution in [3.05, 3.63) is 35.9 Å². The maximum Gasteiger partial charge on any atom is 0.339 e. The number of nitrogens with zero attached hydrogens (tertiary/aromatic N) is 1. The molecular weight excluding hydrogens is 226 g/mol. The Hall–Kier alpha value is -0.910. The molecule has 0 radical (unpaired) electrons. The largest absolute Gasteiger partial charge is 0.339 e. The van der Waals surface area contributed by atoms with Crippen LogP contribution in [0, 0.1) is 0 Å². The molecule has 1 aliphatic rings. The van der Waals surface area contributed by atoms with Crippen LogP contribution in [0.5, 0.6) is 0 Å². The average Bonchev–Trinajstić information content (AvgIpc) is 2.42. The van der Waals surface area contributed by atoms with Gasteiger partial charge in [-0.2, -0.15) is 12.7 Å². The second kappa shape index (κ2) is 4.16. The van der Waals surface area contributed by atoms with E-state index in [1.807, 2.05) is 37.3 Å². The van der Waals surface area contributed by atoms with Gasteiger partial charge >= 0.3 is 10.3 Å². The minimum absolute atomic E-state index is 0.120. The molecule has 2 rings (SSSR count). The Balaban J connectivity index is 2.22. The van der Waals surface area contributed by atoms with E-state index < -0.39 is 10.3 Å². The first-order chi connectivity index (χ1) is 7.50. The molecule has 0 amide bonds. The molecule has 2 atom stereocenters. The Morgan fingerprint density at radius 3 is 2.38 bits per heavy atom. The molecule has 0 unspecified atom stereocenters. The van der Waals surface area contributed by atoms with Crippen LogP contribution in [0.4, 0.5) is 0 Å². The van der Waals surface area contributed by atoms with Gasteiger partial charge in [0, 0.05) is 6.54 Å². The summed E-state index contributed by atoms with van der Waals surface area (Å²) in [5.74, 6) is 0. The van der Waals surface area contributed by atoms with Crippen LogP contribution in [0.2, 0.25) is 0 Å². The van der Waals surface area contributed by atoms with Crippen LogP contribution in [0.25, 0.3) is 0 Å². The minimum Gasteiger partial charge on any atom is -0.253 e. The zero-order chi connectivity index (χ0) is 11.8. The average molecular weight is 241 g/mol. The summed E-state index contributed by atoms with van der Waals surface area (Å²) in [6.07, 6.45) is -0.284. The van der Waals surface area contributed by atoms with Gasteiger partial charge in [-0.1, -0.05) is 30.3 Å². The highest BCUT2D eigenvalue weighted by Gasteiger charge is 2.41. The maximum absolute atomic E-state index is 11.7. The van der Waals surface area contributed by atoms with Crippen molar-refractivity contribution >= 4 is 10.3 Å².